The van der Waals surface area contributed by atoms with Gasteiger partial charge >= 0.3 is 5.97 Å². The van der Waals surface area contributed by atoms with Crippen LogP contribution in [0.4, 0.5) is 0 Å². The largest absolute Gasteiger partial charge is 0.508 e. The van der Waals surface area contributed by atoms with Crippen LogP contribution in [0.25, 0.3) is 0 Å². The summed E-state index contributed by atoms with van der Waals surface area (Å²) in [4.78, 5) is 177. The highest BCUT2D eigenvalue weighted by atomic mass is 32.1. The zero-order valence-corrected chi connectivity index (χ0v) is 51.1. The van der Waals surface area contributed by atoms with Crippen LogP contribution >= 0.6 is 25.3 Å². The molecular formula is C54H85N13O18S2. The molecular weight excluding hydrogens is 1180 g/mol. The minimum Gasteiger partial charge on any atom is -0.508 e. The van der Waals surface area contributed by atoms with Crippen LogP contribution in [0.3, 0.4) is 0 Å². The molecule has 3 rings (SSSR count). The Bertz CT molecular complexity index is 2620. The van der Waals surface area contributed by atoms with Gasteiger partial charge in [0.1, 0.15) is 72.2 Å². The molecule has 12 amide bonds. The number of phenolic OH excluding ortho intramolecular Hbond substituents is 1. The lowest BCUT2D eigenvalue weighted by Gasteiger charge is -2.35. The number of aliphatic hydroxyl groups is 3. The number of carboxylic acids is 1. The molecule has 2 saturated heterocycles. The number of carbonyl (C=O) groups is 13. The van der Waals surface area contributed by atoms with E-state index in [0.717, 1.165) is 6.92 Å². The number of likely N-dealkylation sites (tertiary alicyclic amines) is 2. The summed E-state index contributed by atoms with van der Waals surface area (Å²) < 4.78 is 0. The molecule has 87 heavy (non-hydrogen) atoms. The minimum absolute atomic E-state index is 0.0591. The second-order valence-corrected chi connectivity index (χ2v) is 22.3. The number of aliphatic carboxylic acids is 1. The fourth-order valence-electron chi connectivity index (χ4n) is 9.54. The van der Waals surface area contributed by atoms with E-state index in [2.05, 4.69) is 73.1 Å². The molecule has 2 heterocycles. The monoisotopic (exact) mass is 1270 g/mol. The molecule has 18 N–H and O–H groups in total. The second-order valence-electron chi connectivity index (χ2n) is 21.6. The highest BCUT2D eigenvalue weighted by Crippen LogP contribution is 2.27. The molecule has 1 aromatic carbocycles. The van der Waals surface area contributed by atoms with Gasteiger partial charge in [0.25, 0.3) is 0 Å². The van der Waals surface area contributed by atoms with E-state index in [1.54, 1.807) is 27.7 Å². The number of carbonyl (C=O) groups excluding carboxylic acids is 12. The van der Waals surface area contributed by atoms with Crippen LogP contribution in [0.2, 0.25) is 0 Å². The van der Waals surface area contributed by atoms with Gasteiger partial charge in [-0.25, -0.2) is 4.79 Å². The van der Waals surface area contributed by atoms with Crippen LogP contribution < -0.4 is 59.3 Å². The van der Waals surface area contributed by atoms with Crippen LogP contribution in [-0.4, -0.2) is 229 Å². The van der Waals surface area contributed by atoms with Crippen LogP contribution in [0, 0.1) is 11.8 Å². The Balaban J connectivity index is 1.83. The topological polar surface area (TPSA) is 490 Å². The summed E-state index contributed by atoms with van der Waals surface area (Å²) in [7, 11) is 0. The number of phenols is 1. The van der Waals surface area contributed by atoms with Crippen molar-refractivity contribution in [3.63, 3.8) is 0 Å². The number of benzene rings is 1. The molecule has 2 fully saturated rings. The van der Waals surface area contributed by atoms with Gasteiger partial charge in [-0.05, 0) is 69.1 Å². The molecule has 486 valence electrons. The first kappa shape index (κ1) is 73.9. The van der Waals surface area contributed by atoms with Gasteiger partial charge in [-0.1, -0.05) is 52.7 Å². The Morgan fingerprint density at radius 3 is 1.51 bits per heavy atom. The van der Waals surface area contributed by atoms with Crippen molar-refractivity contribution < 1.29 is 87.9 Å². The van der Waals surface area contributed by atoms with Crippen molar-refractivity contribution in [1.82, 2.24) is 57.7 Å². The third-order valence-corrected chi connectivity index (χ3v) is 15.8. The maximum atomic E-state index is 14.7. The fourth-order valence-corrected chi connectivity index (χ4v) is 10.0. The van der Waals surface area contributed by atoms with Crippen LogP contribution in [0.15, 0.2) is 24.3 Å². The molecule has 2 aliphatic rings. The summed E-state index contributed by atoms with van der Waals surface area (Å²) in [5, 5.41) is 72.4. The van der Waals surface area contributed by atoms with Crippen molar-refractivity contribution in [3.05, 3.63) is 29.8 Å². The molecule has 0 unspecified atom stereocenters. The number of amides is 12. The Hall–Kier alpha value is -7.33. The smallest absolute Gasteiger partial charge is 0.326 e. The number of rotatable bonds is 34. The average molecular weight is 1270 g/mol. The quantitative estimate of drug-likeness (QED) is 0.0286. The minimum atomic E-state index is -1.83. The summed E-state index contributed by atoms with van der Waals surface area (Å²) in [6, 6.07) is -10.9. The van der Waals surface area contributed by atoms with Gasteiger partial charge in [0.2, 0.25) is 70.9 Å². The standard InChI is InChI=1S/C54H85N13O18S2/c1-7-25(3)40(49(79)60-34(23-86)46(76)58-32(54(84)85)20-38(56)72)63-48(78)36-11-9-17-66(36)52(82)37-12-10-18-67(37)53(83)41(26(4)8-2)64-45(75)33(22-68)59-44(74)31(19-29-13-15-30(71)16-14-29)57-51(81)43(28(6)70)65-47(77)35(24-87)61-50(80)42(27(5)69)62-39(73)21-55/h13-16,25-28,31-37,40-43,68-71,86-87H,7-12,17-24,55H2,1-6H3,(H2,56,72)(H,57,81)(H,58,76)(H,59,74)(H,60,79)(H,61,80)(H,62,73)(H,63,78)(H,64,75)(H,65,77)(H,84,85)/t25-,26-,27+,28+,31-,32-,33-,34-,35-,36-,37-,40-,41-,42-,43-/m0/s1. The maximum absolute atomic E-state index is 14.7. The summed E-state index contributed by atoms with van der Waals surface area (Å²) >= 11 is 8.23. The Labute approximate surface area is 513 Å². The predicted octanol–water partition coefficient (Wildman–Crippen LogP) is -6.10. The molecule has 1 aromatic rings. The number of carboxylic acid groups (broad SMARTS) is 1. The van der Waals surface area contributed by atoms with Crippen LogP contribution in [0.5, 0.6) is 5.75 Å². The van der Waals surface area contributed by atoms with E-state index in [-0.39, 0.29) is 49.6 Å². The number of nitrogens with zero attached hydrogens (tertiary/aromatic N) is 2. The van der Waals surface area contributed by atoms with E-state index in [1.165, 1.54) is 41.0 Å². The fraction of sp³-hybridized carbons (Fsp3) is 0.648. The number of nitrogens with one attached hydrogen (secondary N) is 9. The van der Waals surface area contributed by atoms with E-state index in [0.29, 0.717) is 31.2 Å². The number of hydrogen-bond donors (Lipinski definition) is 18. The van der Waals surface area contributed by atoms with Crippen molar-refractivity contribution in [2.45, 2.75) is 172 Å². The van der Waals surface area contributed by atoms with Crippen molar-refractivity contribution in [2.75, 3.05) is 37.7 Å². The SMILES string of the molecule is CC[C@H](C)[C@H](NC(=O)[C@@H]1CCCN1C(=O)[C@@H]1CCCN1C(=O)[C@@H](NC(=O)[C@H](CO)NC(=O)[C@H](Cc1ccc(O)cc1)NC(=O)[C@@H](NC(=O)[C@H](CS)NC(=O)[C@@H](NC(=O)CN)[C@@H](C)O)[C@@H](C)O)[C@@H](C)CC)C(=O)N[C@@H](CS)C(=O)N[C@@H](CC(N)=O)C(=O)O. The van der Waals surface area contributed by atoms with E-state index in [9.17, 15) is 87.9 Å². The normalized spacial score (nSPS) is 19.2. The first-order valence-corrected chi connectivity index (χ1v) is 29.8. The van der Waals surface area contributed by atoms with Gasteiger partial charge in [-0.3, -0.25) is 57.5 Å². The molecule has 2 aliphatic heterocycles. The number of thiol groups is 2. The molecule has 0 aliphatic carbocycles. The van der Waals surface area contributed by atoms with E-state index in [4.69, 9.17) is 11.5 Å². The van der Waals surface area contributed by atoms with E-state index >= 15 is 0 Å². The molecule has 33 heteroatoms. The molecule has 0 spiro atoms. The number of aromatic hydroxyl groups is 1. The second kappa shape index (κ2) is 35.5. The van der Waals surface area contributed by atoms with Gasteiger partial charge in [0.15, 0.2) is 0 Å². The van der Waals surface area contributed by atoms with Crippen LogP contribution in [-0.2, 0) is 68.7 Å². The molecule has 0 saturated carbocycles. The van der Waals surface area contributed by atoms with Gasteiger partial charge in [0, 0.05) is 31.0 Å². The molecule has 0 aromatic heterocycles. The lowest BCUT2D eigenvalue weighted by molar-refractivity contribution is -0.149. The van der Waals surface area contributed by atoms with Crippen molar-refractivity contribution in [2.24, 2.45) is 23.3 Å². The third kappa shape index (κ3) is 21.5. The van der Waals surface area contributed by atoms with Gasteiger partial charge < -0.3 is 94.7 Å². The summed E-state index contributed by atoms with van der Waals surface area (Å²) in [5.74, 6) is -14.5. The van der Waals surface area contributed by atoms with Crippen LogP contribution in [0.1, 0.15) is 92.1 Å². The number of nitrogens with two attached hydrogens (primary N) is 2. The maximum Gasteiger partial charge on any atom is 0.326 e. The van der Waals surface area contributed by atoms with Gasteiger partial charge in [-0.15, -0.1) is 0 Å². The Kier molecular flexibility index (Phi) is 30.1. The van der Waals surface area contributed by atoms with Gasteiger partial charge in [0.05, 0.1) is 31.8 Å². The highest BCUT2D eigenvalue weighted by molar-refractivity contribution is 7.80. The first-order chi connectivity index (χ1) is 41.0. The number of hydrogen-bond acceptors (Lipinski definition) is 20. The zero-order valence-electron chi connectivity index (χ0n) is 49.4. The summed E-state index contributed by atoms with van der Waals surface area (Å²) in [5.41, 5.74) is 10.8. The Morgan fingerprint density at radius 2 is 1.01 bits per heavy atom. The van der Waals surface area contributed by atoms with E-state index in [1.807, 2.05) is 0 Å². The first-order valence-electron chi connectivity index (χ1n) is 28.5. The predicted molar refractivity (Wildman–Crippen MR) is 316 cm³/mol. The summed E-state index contributed by atoms with van der Waals surface area (Å²) in [6.45, 7) is 7.70. The molecule has 31 nitrogen and oxygen atoms in total. The van der Waals surface area contributed by atoms with Crippen molar-refractivity contribution >= 4 is 102 Å². The van der Waals surface area contributed by atoms with Gasteiger partial charge in [-0.2, -0.15) is 25.3 Å². The van der Waals surface area contributed by atoms with E-state index < -0.39 is 187 Å². The van der Waals surface area contributed by atoms with Crippen molar-refractivity contribution in [3.8, 4) is 5.75 Å². The summed E-state index contributed by atoms with van der Waals surface area (Å²) in [6.07, 6.45) is -2.48. The molecule has 15 atom stereocenters. The highest BCUT2D eigenvalue weighted by Gasteiger charge is 2.46. The van der Waals surface area contributed by atoms with Crippen molar-refractivity contribution in [1.29, 1.82) is 0 Å². The Morgan fingerprint density at radius 1 is 0.575 bits per heavy atom. The zero-order chi connectivity index (χ0) is 65.6. The average Bonchev–Trinajstić information content (AvgIpc) is 2.05. The molecule has 0 radical (unpaired) electrons. The number of aliphatic hydroxyl groups excluding tert-OH is 3. The lowest BCUT2D eigenvalue weighted by atomic mass is 9.96. The lowest BCUT2D eigenvalue weighted by Crippen LogP contribution is -2.63. The number of primary amides is 1. The third-order valence-electron chi connectivity index (χ3n) is 15.0. The molecule has 0 bridgehead atoms.